The molecule has 1 atom stereocenters. The molecule has 1 rings (SSSR count). The lowest BCUT2D eigenvalue weighted by Crippen LogP contribution is -2.36. The highest BCUT2D eigenvalue weighted by Gasteiger charge is 2.19. The average Bonchev–Trinajstić information content (AvgIpc) is 2.65. The van der Waals surface area contributed by atoms with Gasteiger partial charge in [-0.25, -0.2) is 0 Å². The van der Waals surface area contributed by atoms with Crippen LogP contribution in [0.5, 0.6) is 0 Å². The van der Waals surface area contributed by atoms with Crippen LogP contribution in [-0.4, -0.2) is 33.7 Å². The van der Waals surface area contributed by atoms with Crippen molar-refractivity contribution in [2.75, 3.05) is 13.1 Å². The first-order chi connectivity index (χ1) is 7.10. The molecule has 1 aromatic rings. The molecule has 0 aliphatic rings. The Bertz CT molecular complexity index is 333. The zero-order chi connectivity index (χ0) is 11.4. The van der Waals surface area contributed by atoms with E-state index >= 15 is 0 Å². The summed E-state index contributed by atoms with van der Waals surface area (Å²) in [6, 6.07) is -0.214. The first kappa shape index (κ1) is 12.5. The lowest BCUT2D eigenvalue weighted by molar-refractivity contribution is -0.134. The highest BCUT2D eigenvalue weighted by molar-refractivity contribution is 14.1. The molecule has 0 aliphatic carbocycles. The van der Waals surface area contributed by atoms with E-state index in [2.05, 4.69) is 27.7 Å². The van der Waals surface area contributed by atoms with E-state index in [4.69, 9.17) is 0 Å². The maximum absolute atomic E-state index is 12.0. The predicted octanol–water partition coefficient (Wildman–Crippen LogP) is 1.92. The van der Waals surface area contributed by atoms with Gasteiger partial charge in [-0.3, -0.25) is 9.48 Å². The van der Waals surface area contributed by atoms with Crippen molar-refractivity contribution in [2.24, 2.45) is 0 Å². The lowest BCUT2D eigenvalue weighted by Gasteiger charge is -2.22. The maximum Gasteiger partial charge on any atom is 0.247 e. The van der Waals surface area contributed by atoms with Crippen LogP contribution in [-0.2, 0) is 4.79 Å². The fourth-order valence-electron chi connectivity index (χ4n) is 1.44. The Labute approximate surface area is 104 Å². The number of aromatic nitrogens is 2. The van der Waals surface area contributed by atoms with E-state index in [1.165, 1.54) is 0 Å². The molecule has 5 heteroatoms. The first-order valence-electron chi connectivity index (χ1n) is 5.08. The Balaban J connectivity index is 2.76. The largest absolute Gasteiger partial charge is 0.341 e. The average molecular weight is 321 g/mol. The number of likely N-dealkylation sites (N-methyl/N-ethyl adjacent to an activating group) is 1. The van der Waals surface area contributed by atoms with E-state index in [0.29, 0.717) is 0 Å². The normalized spacial score (nSPS) is 12.5. The van der Waals surface area contributed by atoms with Crippen LogP contribution < -0.4 is 0 Å². The third-order valence-corrected chi connectivity index (χ3v) is 2.96. The second-order valence-electron chi connectivity index (χ2n) is 3.33. The van der Waals surface area contributed by atoms with Crippen molar-refractivity contribution in [1.82, 2.24) is 14.7 Å². The molecule has 1 aromatic heterocycles. The summed E-state index contributed by atoms with van der Waals surface area (Å²) in [6.07, 6.45) is 3.64. The fourth-order valence-corrected chi connectivity index (χ4v) is 1.85. The Kier molecular flexibility index (Phi) is 4.56. The second kappa shape index (κ2) is 5.48. The minimum atomic E-state index is -0.214. The van der Waals surface area contributed by atoms with Crippen LogP contribution in [0, 0.1) is 3.57 Å². The molecule has 0 saturated heterocycles. The van der Waals surface area contributed by atoms with E-state index in [1.807, 2.05) is 31.9 Å². The van der Waals surface area contributed by atoms with Crippen molar-refractivity contribution in [3.05, 3.63) is 16.0 Å². The first-order valence-corrected chi connectivity index (χ1v) is 6.16. The summed E-state index contributed by atoms with van der Waals surface area (Å²) < 4.78 is 2.76. The van der Waals surface area contributed by atoms with E-state index in [-0.39, 0.29) is 11.9 Å². The molecule has 0 saturated carbocycles. The van der Waals surface area contributed by atoms with Crippen molar-refractivity contribution in [3.8, 4) is 0 Å². The van der Waals surface area contributed by atoms with Gasteiger partial charge in [-0.15, -0.1) is 0 Å². The summed E-state index contributed by atoms with van der Waals surface area (Å²) in [5.41, 5.74) is 0. The van der Waals surface area contributed by atoms with Crippen molar-refractivity contribution in [2.45, 2.75) is 26.8 Å². The second-order valence-corrected chi connectivity index (χ2v) is 4.57. The molecule has 4 nitrogen and oxygen atoms in total. The van der Waals surface area contributed by atoms with Crippen LogP contribution in [0.25, 0.3) is 0 Å². The van der Waals surface area contributed by atoms with Gasteiger partial charge >= 0.3 is 0 Å². The molecular formula is C10H16IN3O. The van der Waals surface area contributed by atoms with E-state index in [1.54, 1.807) is 10.9 Å². The zero-order valence-corrected chi connectivity index (χ0v) is 11.4. The molecule has 1 unspecified atom stereocenters. The molecule has 0 aliphatic heterocycles. The monoisotopic (exact) mass is 321 g/mol. The van der Waals surface area contributed by atoms with Gasteiger partial charge in [0.1, 0.15) is 6.04 Å². The minimum absolute atomic E-state index is 0.125. The summed E-state index contributed by atoms with van der Waals surface area (Å²) in [6.45, 7) is 7.35. The predicted molar refractivity (Wildman–Crippen MR) is 67.6 cm³/mol. The van der Waals surface area contributed by atoms with Crippen molar-refractivity contribution in [3.63, 3.8) is 0 Å². The fraction of sp³-hybridized carbons (Fsp3) is 0.600. The Hall–Kier alpha value is -0.590. The standard InChI is InChI=1S/C10H16IN3O/c1-4-13(5-2)10(15)8(3)14-7-9(11)6-12-14/h6-8H,4-5H2,1-3H3. The molecule has 15 heavy (non-hydrogen) atoms. The molecule has 84 valence electrons. The van der Waals surface area contributed by atoms with Crippen LogP contribution in [0.2, 0.25) is 0 Å². The summed E-state index contributed by atoms with van der Waals surface area (Å²) in [5.74, 6) is 0.125. The molecular weight excluding hydrogens is 305 g/mol. The number of carbonyl (C=O) groups is 1. The Morgan fingerprint density at radius 1 is 1.60 bits per heavy atom. The zero-order valence-electron chi connectivity index (χ0n) is 9.27. The Morgan fingerprint density at radius 2 is 2.20 bits per heavy atom. The Morgan fingerprint density at radius 3 is 2.60 bits per heavy atom. The molecule has 0 bridgehead atoms. The minimum Gasteiger partial charge on any atom is -0.341 e. The van der Waals surface area contributed by atoms with Gasteiger partial charge in [0.15, 0.2) is 0 Å². The summed E-state index contributed by atoms with van der Waals surface area (Å²) >= 11 is 2.19. The van der Waals surface area contributed by atoms with Crippen LogP contribution in [0.15, 0.2) is 12.4 Å². The van der Waals surface area contributed by atoms with Gasteiger partial charge in [-0.2, -0.15) is 5.10 Å². The van der Waals surface area contributed by atoms with Gasteiger partial charge in [0.05, 0.1) is 9.77 Å². The topological polar surface area (TPSA) is 38.1 Å². The molecule has 0 N–H and O–H groups in total. The van der Waals surface area contributed by atoms with Gasteiger partial charge in [0.25, 0.3) is 0 Å². The molecule has 0 radical (unpaired) electrons. The summed E-state index contributed by atoms with van der Waals surface area (Å²) in [7, 11) is 0. The van der Waals surface area contributed by atoms with Gasteiger partial charge in [0, 0.05) is 19.3 Å². The molecule has 1 amide bonds. The number of halogens is 1. The number of amides is 1. The van der Waals surface area contributed by atoms with E-state index in [9.17, 15) is 4.79 Å². The number of nitrogens with zero attached hydrogens (tertiary/aromatic N) is 3. The van der Waals surface area contributed by atoms with Gasteiger partial charge in [-0.05, 0) is 43.4 Å². The van der Waals surface area contributed by atoms with Crippen molar-refractivity contribution >= 4 is 28.5 Å². The van der Waals surface area contributed by atoms with Crippen LogP contribution in [0.4, 0.5) is 0 Å². The van der Waals surface area contributed by atoms with E-state index < -0.39 is 0 Å². The number of hydrogen-bond donors (Lipinski definition) is 0. The SMILES string of the molecule is CCN(CC)C(=O)C(C)n1cc(I)cn1. The molecule has 0 fully saturated rings. The van der Waals surface area contributed by atoms with Gasteiger partial charge in [0.2, 0.25) is 5.91 Å². The summed E-state index contributed by atoms with van der Waals surface area (Å²) in [4.78, 5) is 13.8. The highest BCUT2D eigenvalue weighted by Crippen LogP contribution is 2.11. The molecule has 0 aromatic carbocycles. The molecule has 1 heterocycles. The van der Waals surface area contributed by atoms with Crippen LogP contribution in [0.1, 0.15) is 26.8 Å². The third kappa shape index (κ3) is 2.93. The maximum atomic E-state index is 12.0. The van der Waals surface area contributed by atoms with Crippen molar-refractivity contribution in [1.29, 1.82) is 0 Å². The highest BCUT2D eigenvalue weighted by atomic mass is 127. The number of carbonyl (C=O) groups excluding carboxylic acids is 1. The van der Waals surface area contributed by atoms with Crippen molar-refractivity contribution < 1.29 is 4.79 Å². The van der Waals surface area contributed by atoms with Gasteiger partial charge in [-0.1, -0.05) is 0 Å². The van der Waals surface area contributed by atoms with Gasteiger partial charge < -0.3 is 4.90 Å². The van der Waals surface area contributed by atoms with E-state index in [0.717, 1.165) is 16.7 Å². The van der Waals surface area contributed by atoms with Crippen LogP contribution in [0.3, 0.4) is 0 Å². The quantitative estimate of drug-likeness (QED) is 0.795. The lowest BCUT2D eigenvalue weighted by atomic mass is 10.3. The number of hydrogen-bond acceptors (Lipinski definition) is 2. The molecule has 0 spiro atoms. The smallest absolute Gasteiger partial charge is 0.247 e. The van der Waals surface area contributed by atoms with Crippen LogP contribution >= 0.6 is 22.6 Å². The summed E-state index contributed by atoms with van der Waals surface area (Å²) in [5, 5.41) is 4.15. The number of rotatable bonds is 4. The third-order valence-electron chi connectivity index (χ3n) is 2.40.